The molecule has 1 aliphatic carbocycles. The summed E-state index contributed by atoms with van der Waals surface area (Å²) in [5.41, 5.74) is 1.33. The lowest BCUT2D eigenvalue weighted by Gasteiger charge is -2.59. The molecule has 20 heavy (non-hydrogen) atoms. The number of aryl methyl sites for hydroxylation is 1. The molecule has 4 rings (SSSR count). The fraction of sp³-hybridized carbons (Fsp3) is 0.467. The van der Waals surface area contributed by atoms with Crippen LogP contribution in [-0.2, 0) is 17.2 Å². The monoisotopic (exact) mass is 333 g/mol. The van der Waals surface area contributed by atoms with E-state index in [1.54, 1.807) is 6.33 Å². The Morgan fingerprint density at radius 3 is 2.70 bits per heavy atom. The number of hydrogen-bond acceptors (Lipinski definition) is 3. The van der Waals surface area contributed by atoms with Gasteiger partial charge in [-0.3, -0.25) is 0 Å². The Bertz CT molecular complexity index is 655. The Kier molecular flexibility index (Phi) is 2.60. The zero-order valence-electron chi connectivity index (χ0n) is 11.3. The van der Waals surface area contributed by atoms with E-state index in [9.17, 15) is 0 Å². The van der Waals surface area contributed by atoms with Crippen LogP contribution in [0.15, 0.2) is 35.1 Å². The zero-order chi connectivity index (χ0) is 13.8. The molecular weight excluding hydrogens is 318 g/mol. The van der Waals surface area contributed by atoms with Crippen LogP contribution >= 0.6 is 15.9 Å². The van der Waals surface area contributed by atoms with Gasteiger partial charge in [-0.05, 0) is 37.0 Å². The van der Waals surface area contributed by atoms with Crippen molar-refractivity contribution in [2.24, 2.45) is 7.05 Å². The van der Waals surface area contributed by atoms with E-state index in [0.29, 0.717) is 0 Å². The standard InChI is InChI=1S/C15H16BrN3O/c1-19-10-17-18-13(19)15(8-14(9-15)5-6-20-14)11-3-2-4-12(16)7-11/h2-4,7,10H,5-6,8-9H2,1H3. The van der Waals surface area contributed by atoms with Crippen LogP contribution < -0.4 is 0 Å². The summed E-state index contributed by atoms with van der Waals surface area (Å²) in [6, 6.07) is 8.53. The fourth-order valence-corrected chi connectivity index (χ4v) is 4.11. The molecule has 1 saturated carbocycles. The van der Waals surface area contributed by atoms with E-state index in [1.165, 1.54) is 12.0 Å². The van der Waals surface area contributed by atoms with Crippen molar-refractivity contribution in [2.75, 3.05) is 6.61 Å². The third-order valence-corrected chi connectivity index (χ3v) is 5.22. The molecule has 1 aromatic carbocycles. The first-order valence-corrected chi connectivity index (χ1v) is 7.67. The van der Waals surface area contributed by atoms with Crippen LogP contribution in [0, 0.1) is 0 Å². The van der Waals surface area contributed by atoms with Gasteiger partial charge in [0.15, 0.2) is 0 Å². The Morgan fingerprint density at radius 2 is 2.15 bits per heavy atom. The molecule has 5 heteroatoms. The summed E-state index contributed by atoms with van der Waals surface area (Å²) in [7, 11) is 2.02. The minimum atomic E-state index is -0.0601. The SMILES string of the molecule is Cn1cnnc1C1(c2cccc(Br)c2)CC2(CCO2)C1. The Labute approximate surface area is 126 Å². The molecule has 0 atom stereocenters. The zero-order valence-corrected chi connectivity index (χ0v) is 12.9. The van der Waals surface area contributed by atoms with Crippen LogP contribution in [0.25, 0.3) is 0 Å². The lowest BCUT2D eigenvalue weighted by atomic mass is 9.53. The molecule has 0 bridgehead atoms. The van der Waals surface area contributed by atoms with Crippen LogP contribution in [-0.4, -0.2) is 27.0 Å². The van der Waals surface area contributed by atoms with E-state index in [1.807, 2.05) is 11.6 Å². The number of benzene rings is 1. The van der Waals surface area contributed by atoms with Crippen molar-refractivity contribution in [1.82, 2.24) is 14.8 Å². The highest BCUT2D eigenvalue weighted by Crippen LogP contribution is 2.59. The van der Waals surface area contributed by atoms with Gasteiger partial charge in [-0.1, -0.05) is 28.1 Å². The molecule has 0 radical (unpaired) electrons. The van der Waals surface area contributed by atoms with Gasteiger partial charge in [0, 0.05) is 11.5 Å². The maximum atomic E-state index is 5.83. The van der Waals surface area contributed by atoms with Gasteiger partial charge in [-0.2, -0.15) is 0 Å². The Balaban J connectivity index is 1.81. The number of halogens is 1. The topological polar surface area (TPSA) is 39.9 Å². The molecule has 104 valence electrons. The largest absolute Gasteiger partial charge is 0.375 e. The molecular formula is C15H16BrN3O. The minimum Gasteiger partial charge on any atom is -0.375 e. The molecule has 2 heterocycles. The van der Waals surface area contributed by atoms with Gasteiger partial charge in [-0.15, -0.1) is 10.2 Å². The van der Waals surface area contributed by atoms with E-state index in [2.05, 4.69) is 50.4 Å². The van der Waals surface area contributed by atoms with Crippen molar-refractivity contribution in [1.29, 1.82) is 0 Å². The first kappa shape index (κ1) is 12.5. The van der Waals surface area contributed by atoms with Crippen LogP contribution in [0.5, 0.6) is 0 Å². The summed E-state index contributed by atoms with van der Waals surface area (Å²) in [5, 5.41) is 8.45. The normalized spacial score (nSPS) is 31.9. The van der Waals surface area contributed by atoms with Crippen molar-refractivity contribution in [3.63, 3.8) is 0 Å². The summed E-state index contributed by atoms with van der Waals surface area (Å²) < 4.78 is 8.97. The lowest BCUT2D eigenvalue weighted by molar-refractivity contribution is -0.216. The van der Waals surface area contributed by atoms with Gasteiger partial charge in [0.2, 0.25) is 0 Å². The predicted molar refractivity (Wildman–Crippen MR) is 78.5 cm³/mol. The van der Waals surface area contributed by atoms with Gasteiger partial charge < -0.3 is 9.30 Å². The maximum absolute atomic E-state index is 5.83. The minimum absolute atomic E-state index is 0.0601. The second-order valence-electron chi connectivity index (χ2n) is 5.99. The van der Waals surface area contributed by atoms with Gasteiger partial charge in [0.05, 0.1) is 17.6 Å². The molecule has 1 spiro atoms. The molecule has 0 N–H and O–H groups in total. The molecule has 2 fully saturated rings. The van der Waals surface area contributed by atoms with Gasteiger partial charge >= 0.3 is 0 Å². The second-order valence-corrected chi connectivity index (χ2v) is 6.91. The highest BCUT2D eigenvalue weighted by atomic mass is 79.9. The van der Waals surface area contributed by atoms with E-state index in [-0.39, 0.29) is 11.0 Å². The molecule has 1 aliphatic heterocycles. The van der Waals surface area contributed by atoms with Gasteiger partial charge in [0.1, 0.15) is 12.2 Å². The van der Waals surface area contributed by atoms with Crippen molar-refractivity contribution < 1.29 is 4.74 Å². The molecule has 4 nitrogen and oxygen atoms in total. The summed E-state index contributed by atoms with van der Waals surface area (Å²) in [4.78, 5) is 0. The maximum Gasteiger partial charge on any atom is 0.143 e. The van der Waals surface area contributed by atoms with E-state index >= 15 is 0 Å². The van der Waals surface area contributed by atoms with Gasteiger partial charge in [-0.25, -0.2) is 0 Å². The van der Waals surface area contributed by atoms with E-state index < -0.39 is 0 Å². The van der Waals surface area contributed by atoms with E-state index in [4.69, 9.17) is 4.74 Å². The second kappa shape index (κ2) is 4.15. The number of aromatic nitrogens is 3. The Hall–Kier alpha value is -1.20. The molecule has 1 saturated heterocycles. The lowest BCUT2D eigenvalue weighted by Crippen LogP contribution is -2.62. The third-order valence-electron chi connectivity index (χ3n) is 4.73. The molecule has 1 aromatic heterocycles. The van der Waals surface area contributed by atoms with Crippen LogP contribution in [0.4, 0.5) is 0 Å². The Morgan fingerprint density at radius 1 is 1.35 bits per heavy atom. The smallest absolute Gasteiger partial charge is 0.143 e. The molecule has 2 aromatic rings. The predicted octanol–water partition coefficient (Wildman–Crippen LogP) is 2.82. The average molecular weight is 334 g/mol. The van der Waals surface area contributed by atoms with Crippen LogP contribution in [0.1, 0.15) is 30.7 Å². The molecule has 2 aliphatic rings. The van der Waals surface area contributed by atoms with Crippen molar-refractivity contribution in [3.8, 4) is 0 Å². The third kappa shape index (κ3) is 1.63. The number of ether oxygens (including phenoxy) is 1. The van der Waals surface area contributed by atoms with E-state index in [0.717, 1.165) is 29.7 Å². The average Bonchev–Trinajstić information content (AvgIpc) is 2.74. The number of nitrogens with zero attached hydrogens (tertiary/aromatic N) is 3. The number of rotatable bonds is 2. The fourth-order valence-electron chi connectivity index (χ4n) is 3.71. The first-order chi connectivity index (χ1) is 9.64. The summed E-state index contributed by atoms with van der Waals surface area (Å²) >= 11 is 3.58. The highest BCUT2D eigenvalue weighted by Gasteiger charge is 2.61. The number of hydrogen-bond donors (Lipinski definition) is 0. The molecule has 0 unspecified atom stereocenters. The van der Waals surface area contributed by atoms with Crippen molar-refractivity contribution in [3.05, 3.63) is 46.5 Å². The summed E-state index contributed by atoms with van der Waals surface area (Å²) in [6.07, 6.45) is 4.95. The highest BCUT2D eigenvalue weighted by molar-refractivity contribution is 9.10. The van der Waals surface area contributed by atoms with Gasteiger partial charge in [0.25, 0.3) is 0 Å². The van der Waals surface area contributed by atoms with Crippen molar-refractivity contribution >= 4 is 15.9 Å². The quantitative estimate of drug-likeness (QED) is 0.848. The summed E-state index contributed by atoms with van der Waals surface area (Å²) in [5.74, 6) is 1.04. The first-order valence-electron chi connectivity index (χ1n) is 6.88. The van der Waals surface area contributed by atoms with Crippen molar-refractivity contribution in [2.45, 2.75) is 30.3 Å². The molecule has 0 amide bonds. The van der Waals surface area contributed by atoms with Crippen LogP contribution in [0.3, 0.4) is 0 Å². The summed E-state index contributed by atoms with van der Waals surface area (Å²) in [6.45, 7) is 0.896. The van der Waals surface area contributed by atoms with Crippen LogP contribution in [0.2, 0.25) is 0 Å².